The first-order valence-electron chi connectivity index (χ1n) is 9.05. The van der Waals surface area contributed by atoms with Crippen molar-refractivity contribution in [2.75, 3.05) is 19.6 Å². The van der Waals surface area contributed by atoms with Gasteiger partial charge < -0.3 is 16.0 Å². The van der Waals surface area contributed by atoms with Gasteiger partial charge in [-0.25, -0.2) is 4.79 Å². The van der Waals surface area contributed by atoms with Crippen molar-refractivity contribution < 1.29 is 9.59 Å². The largest absolute Gasteiger partial charge is 0.351 e. The first-order chi connectivity index (χ1) is 11.1. The van der Waals surface area contributed by atoms with Crippen LogP contribution in [0, 0.1) is 5.92 Å². The van der Waals surface area contributed by atoms with Gasteiger partial charge in [0, 0.05) is 19.6 Å². The van der Waals surface area contributed by atoms with Crippen LogP contribution < -0.4 is 16.0 Å². The average molecular weight is 325 g/mol. The molecule has 5 heteroatoms. The van der Waals surface area contributed by atoms with Gasteiger partial charge in [0.1, 0.15) is 0 Å². The van der Waals surface area contributed by atoms with Gasteiger partial charge in [-0.15, -0.1) is 0 Å². The zero-order valence-corrected chi connectivity index (χ0v) is 15.0. The summed E-state index contributed by atoms with van der Waals surface area (Å²) in [6.07, 6.45) is 11.1. The van der Waals surface area contributed by atoms with Crippen molar-refractivity contribution in [1.82, 2.24) is 16.0 Å². The molecule has 0 aliphatic heterocycles. The molecular weight excluding hydrogens is 290 g/mol. The highest BCUT2D eigenvalue weighted by Crippen LogP contribution is 2.16. The van der Waals surface area contributed by atoms with Gasteiger partial charge in [-0.05, 0) is 24.8 Å². The Morgan fingerprint density at radius 1 is 0.913 bits per heavy atom. The Bertz CT molecular complexity index is 332. The maximum atomic E-state index is 11.8. The molecule has 0 saturated carbocycles. The van der Waals surface area contributed by atoms with Crippen LogP contribution in [0.4, 0.5) is 4.79 Å². The van der Waals surface area contributed by atoms with Crippen LogP contribution in [0.15, 0.2) is 12.7 Å². The first-order valence-corrected chi connectivity index (χ1v) is 9.05. The minimum atomic E-state index is -0.223. The predicted octanol–water partition coefficient (Wildman–Crippen LogP) is 3.36. The molecule has 5 nitrogen and oxygen atoms in total. The van der Waals surface area contributed by atoms with Gasteiger partial charge >= 0.3 is 6.03 Å². The number of hydrogen-bond acceptors (Lipinski definition) is 2. The van der Waals surface area contributed by atoms with Crippen molar-refractivity contribution in [3.63, 3.8) is 0 Å². The van der Waals surface area contributed by atoms with Crippen molar-refractivity contribution in [2.45, 2.75) is 65.2 Å². The van der Waals surface area contributed by atoms with E-state index in [0.717, 1.165) is 6.54 Å². The SMILES string of the molecule is C=CC(=O)NCCNC(=O)NCC(CCCC)CCCCCC. The van der Waals surface area contributed by atoms with E-state index in [1.807, 2.05) is 0 Å². The summed E-state index contributed by atoms with van der Waals surface area (Å²) >= 11 is 0. The van der Waals surface area contributed by atoms with Crippen LogP contribution in [-0.4, -0.2) is 31.6 Å². The molecule has 0 bridgehead atoms. The topological polar surface area (TPSA) is 70.2 Å². The first kappa shape index (κ1) is 21.5. The number of unbranched alkanes of at least 4 members (excludes halogenated alkanes) is 4. The maximum Gasteiger partial charge on any atom is 0.314 e. The number of carbonyl (C=O) groups excluding carboxylic acids is 2. The van der Waals surface area contributed by atoms with Gasteiger partial charge in [0.25, 0.3) is 0 Å². The molecule has 3 amide bonds. The Balaban J connectivity index is 3.85. The normalized spacial score (nSPS) is 11.6. The van der Waals surface area contributed by atoms with Crippen LogP contribution in [0.3, 0.4) is 0 Å². The quantitative estimate of drug-likeness (QED) is 0.338. The Morgan fingerprint density at radius 2 is 1.57 bits per heavy atom. The Morgan fingerprint density at radius 3 is 2.22 bits per heavy atom. The Labute approximate surface area is 141 Å². The molecule has 0 saturated heterocycles. The molecule has 0 aromatic rings. The number of rotatable bonds is 14. The highest BCUT2D eigenvalue weighted by atomic mass is 16.2. The van der Waals surface area contributed by atoms with Crippen molar-refractivity contribution in [3.8, 4) is 0 Å². The molecule has 0 aliphatic carbocycles. The Kier molecular flexibility index (Phi) is 14.4. The minimum Gasteiger partial charge on any atom is -0.351 e. The monoisotopic (exact) mass is 325 g/mol. The number of hydrogen-bond donors (Lipinski definition) is 3. The summed E-state index contributed by atoms with van der Waals surface area (Å²) in [6, 6.07) is -0.159. The number of nitrogens with one attached hydrogen (secondary N) is 3. The molecule has 1 unspecified atom stereocenters. The lowest BCUT2D eigenvalue weighted by atomic mass is 9.95. The van der Waals surface area contributed by atoms with Gasteiger partial charge in [-0.1, -0.05) is 59.0 Å². The lowest BCUT2D eigenvalue weighted by molar-refractivity contribution is -0.116. The van der Waals surface area contributed by atoms with Crippen molar-refractivity contribution in [2.24, 2.45) is 5.92 Å². The van der Waals surface area contributed by atoms with E-state index in [0.29, 0.717) is 19.0 Å². The molecular formula is C18H35N3O2. The molecule has 0 aromatic heterocycles. The molecule has 3 N–H and O–H groups in total. The molecule has 0 rings (SSSR count). The average Bonchev–Trinajstić information content (AvgIpc) is 2.56. The van der Waals surface area contributed by atoms with Gasteiger partial charge in [-0.3, -0.25) is 4.79 Å². The third-order valence-corrected chi connectivity index (χ3v) is 3.88. The second kappa shape index (κ2) is 15.4. The molecule has 0 heterocycles. The van der Waals surface area contributed by atoms with E-state index in [9.17, 15) is 9.59 Å². The van der Waals surface area contributed by atoms with Crippen molar-refractivity contribution in [3.05, 3.63) is 12.7 Å². The summed E-state index contributed by atoms with van der Waals surface area (Å²) in [7, 11) is 0. The molecule has 0 aromatic carbocycles. The van der Waals surface area contributed by atoms with Gasteiger partial charge in [0.05, 0.1) is 0 Å². The second-order valence-corrected chi connectivity index (χ2v) is 5.99. The number of amides is 3. The fourth-order valence-corrected chi connectivity index (χ4v) is 2.43. The molecule has 0 spiro atoms. The van der Waals surface area contributed by atoms with Gasteiger partial charge in [0.2, 0.25) is 5.91 Å². The van der Waals surface area contributed by atoms with E-state index in [1.54, 1.807) is 0 Å². The second-order valence-electron chi connectivity index (χ2n) is 5.99. The van der Waals surface area contributed by atoms with Crippen molar-refractivity contribution in [1.29, 1.82) is 0 Å². The van der Waals surface area contributed by atoms with Crippen LogP contribution in [0.25, 0.3) is 0 Å². The summed E-state index contributed by atoms with van der Waals surface area (Å²) in [5.41, 5.74) is 0. The standard InChI is InChI=1S/C18H35N3O2/c1-4-7-9-10-12-16(11-8-5-2)15-21-18(23)20-14-13-19-17(22)6-3/h6,16H,3-5,7-15H2,1-2H3,(H,19,22)(H2,20,21,23). The van der Waals surface area contributed by atoms with Crippen molar-refractivity contribution >= 4 is 11.9 Å². The van der Waals surface area contributed by atoms with Gasteiger partial charge in [-0.2, -0.15) is 0 Å². The molecule has 1 atom stereocenters. The van der Waals surface area contributed by atoms with Crippen LogP contribution in [-0.2, 0) is 4.79 Å². The fourth-order valence-electron chi connectivity index (χ4n) is 2.43. The Hall–Kier alpha value is -1.52. The van der Waals surface area contributed by atoms with E-state index >= 15 is 0 Å². The fraction of sp³-hybridized carbons (Fsp3) is 0.778. The predicted molar refractivity (Wildman–Crippen MR) is 96.4 cm³/mol. The minimum absolute atomic E-state index is 0.159. The maximum absolute atomic E-state index is 11.8. The lowest BCUT2D eigenvalue weighted by Gasteiger charge is -2.17. The summed E-state index contributed by atoms with van der Waals surface area (Å²) in [4.78, 5) is 22.7. The van der Waals surface area contributed by atoms with Gasteiger partial charge in [0.15, 0.2) is 0 Å². The van der Waals surface area contributed by atoms with Crippen LogP contribution >= 0.6 is 0 Å². The van der Waals surface area contributed by atoms with Crippen LogP contribution in [0.2, 0.25) is 0 Å². The third kappa shape index (κ3) is 13.8. The van der Waals surface area contributed by atoms with Crippen LogP contribution in [0.5, 0.6) is 0 Å². The van der Waals surface area contributed by atoms with E-state index in [-0.39, 0.29) is 11.9 Å². The summed E-state index contributed by atoms with van der Waals surface area (Å²) < 4.78 is 0. The van der Waals surface area contributed by atoms with E-state index in [2.05, 4.69) is 36.4 Å². The summed E-state index contributed by atoms with van der Waals surface area (Å²) in [5, 5.41) is 8.32. The summed E-state index contributed by atoms with van der Waals surface area (Å²) in [6.45, 7) is 9.35. The lowest BCUT2D eigenvalue weighted by Crippen LogP contribution is -2.41. The van der Waals surface area contributed by atoms with E-state index < -0.39 is 0 Å². The highest BCUT2D eigenvalue weighted by molar-refractivity contribution is 5.86. The molecule has 23 heavy (non-hydrogen) atoms. The molecule has 0 fully saturated rings. The number of urea groups is 1. The number of carbonyl (C=O) groups is 2. The van der Waals surface area contributed by atoms with E-state index in [4.69, 9.17) is 0 Å². The van der Waals surface area contributed by atoms with E-state index in [1.165, 1.54) is 57.4 Å². The third-order valence-electron chi connectivity index (χ3n) is 3.88. The molecule has 134 valence electrons. The van der Waals surface area contributed by atoms with Crippen LogP contribution in [0.1, 0.15) is 65.2 Å². The zero-order chi connectivity index (χ0) is 17.3. The smallest absolute Gasteiger partial charge is 0.314 e. The molecule has 0 aliphatic rings. The molecule has 0 radical (unpaired) electrons. The zero-order valence-electron chi connectivity index (χ0n) is 15.0. The highest BCUT2D eigenvalue weighted by Gasteiger charge is 2.10. The summed E-state index contributed by atoms with van der Waals surface area (Å²) in [5.74, 6) is 0.344.